The minimum Gasteiger partial charge on any atom is -0.313 e. The Balaban J connectivity index is 2.60. The average molecular weight is 217 g/mol. The predicted molar refractivity (Wildman–Crippen MR) is 71.8 cm³/mol. The monoisotopic (exact) mass is 217 g/mol. The van der Waals surface area contributed by atoms with E-state index in [4.69, 9.17) is 0 Å². The number of benzene rings is 1. The molecule has 1 rings (SSSR count). The summed E-state index contributed by atoms with van der Waals surface area (Å²) >= 11 is 0. The second kappa shape index (κ2) is 7.24. The maximum absolute atomic E-state index is 3.83. The molecule has 0 radical (unpaired) electrons. The van der Waals surface area contributed by atoms with Crippen LogP contribution in [0.2, 0.25) is 0 Å². The molecular weight excluding hydrogens is 194 g/mol. The van der Waals surface area contributed by atoms with Crippen molar-refractivity contribution in [3.8, 4) is 0 Å². The van der Waals surface area contributed by atoms with Gasteiger partial charge in [0.1, 0.15) is 0 Å². The molecule has 0 aliphatic rings. The molecule has 1 aromatic carbocycles. The van der Waals surface area contributed by atoms with Crippen LogP contribution in [0.1, 0.15) is 30.9 Å². The summed E-state index contributed by atoms with van der Waals surface area (Å²) in [6.45, 7) is 9.30. The average Bonchev–Trinajstić information content (AvgIpc) is 2.29. The molecule has 88 valence electrons. The normalized spacial score (nSPS) is 12.4. The molecule has 0 bridgehead atoms. The molecule has 1 aromatic rings. The summed E-state index contributed by atoms with van der Waals surface area (Å²) in [7, 11) is 0. The van der Waals surface area contributed by atoms with Gasteiger partial charge in [0, 0.05) is 6.04 Å². The molecule has 0 saturated heterocycles. The molecule has 0 spiro atoms. The fraction of sp³-hybridized carbons (Fsp3) is 0.467. The van der Waals surface area contributed by atoms with Crippen LogP contribution in [0.5, 0.6) is 0 Å². The van der Waals surface area contributed by atoms with Crippen molar-refractivity contribution in [2.75, 3.05) is 6.54 Å². The smallest absolute Gasteiger partial charge is 0.0142 e. The topological polar surface area (TPSA) is 12.0 Å². The van der Waals surface area contributed by atoms with Gasteiger partial charge in [-0.25, -0.2) is 0 Å². The van der Waals surface area contributed by atoms with Crippen LogP contribution in [0, 0.1) is 6.92 Å². The highest BCUT2D eigenvalue weighted by atomic mass is 14.9. The van der Waals surface area contributed by atoms with Crippen LogP contribution in [0.25, 0.3) is 0 Å². The van der Waals surface area contributed by atoms with Crippen LogP contribution in [0.3, 0.4) is 0 Å². The van der Waals surface area contributed by atoms with Crippen LogP contribution >= 0.6 is 0 Å². The van der Waals surface area contributed by atoms with Gasteiger partial charge < -0.3 is 5.32 Å². The van der Waals surface area contributed by atoms with Crippen LogP contribution in [-0.2, 0) is 6.42 Å². The molecule has 1 N–H and O–H groups in total. The quantitative estimate of drug-likeness (QED) is 0.689. The highest BCUT2D eigenvalue weighted by molar-refractivity contribution is 5.26. The highest BCUT2D eigenvalue weighted by Crippen LogP contribution is 2.11. The van der Waals surface area contributed by atoms with Crippen LogP contribution in [0.4, 0.5) is 0 Å². The Hall–Kier alpha value is -1.08. The summed E-state index contributed by atoms with van der Waals surface area (Å²) in [5.41, 5.74) is 2.83. The highest BCUT2D eigenvalue weighted by Gasteiger charge is 2.07. The molecule has 0 fully saturated rings. The standard InChI is InChI=1S/C15H23N/c1-4-8-15(16-11-5-2)12-14-10-7-6-9-13(14)3/h4,6-7,9-10,15-16H,1,5,8,11-12H2,2-3H3. The molecule has 0 heterocycles. The van der Waals surface area contributed by atoms with Gasteiger partial charge in [0.2, 0.25) is 0 Å². The van der Waals surface area contributed by atoms with Gasteiger partial charge in [0.15, 0.2) is 0 Å². The van der Waals surface area contributed by atoms with Crippen molar-refractivity contribution < 1.29 is 0 Å². The van der Waals surface area contributed by atoms with Crippen molar-refractivity contribution in [2.45, 2.75) is 39.2 Å². The van der Waals surface area contributed by atoms with Gasteiger partial charge in [0.05, 0.1) is 0 Å². The number of aryl methyl sites for hydroxylation is 1. The zero-order valence-corrected chi connectivity index (χ0v) is 10.5. The molecule has 1 atom stereocenters. The Morgan fingerprint density at radius 2 is 2.12 bits per heavy atom. The van der Waals surface area contributed by atoms with E-state index in [9.17, 15) is 0 Å². The van der Waals surface area contributed by atoms with Crippen LogP contribution in [0.15, 0.2) is 36.9 Å². The molecule has 0 amide bonds. The van der Waals surface area contributed by atoms with E-state index in [1.807, 2.05) is 6.08 Å². The number of nitrogens with one attached hydrogen (secondary N) is 1. The first-order chi connectivity index (χ1) is 7.77. The lowest BCUT2D eigenvalue weighted by Gasteiger charge is -2.18. The van der Waals surface area contributed by atoms with Gasteiger partial charge in [-0.3, -0.25) is 0 Å². The van der Waals surface area contributed by atoms with Crippen molar-refractivity contribution in [3.05, 3.63) is 48.0 Å². The van der Waals surface area contributed by atoms with E-state index in [-0.39, 0.29) is 0 Å². The summed E-state index contributed by atoms with van der Waals surface area (Å²) in [4.78, 5) is 0. The molecule has 1 nitrogen and oxygen atoms in total. The number of hydrogen-bond donors (Lipinski definition) is 1. The lowest BCUT2D eigenvalue weighted by molar-refractivity contribution is 0.511. The lowest BCUT2D eigenvalue weighted by atomic mass is 9.99. The SMILES string of the molecule is C=CCC(Cc1ccccc1C)NCCC. The third kappa shape index (κ3) is 4.19. The zero-order chi connectivity index (χ0) is 11.8. The first-order valence-corrected chi connectivity index (χ1v) is 6.16. The van der Waals surface area contributed by atoms with Crippen LogP contribution in [-0.4, -0.2) is 12.6 Å². The van der Waals surface area contributed by atoms with Gasteiger partial charge in [-0.2, -0.15) is 0 Å². The molecule has 1 unspecified atom stereocenters. The maximum Gasteiger partial charge on any atom is 0.0142 e. The van der Waals surface area contributed by atoms with E-state index in [2.05, 4.69) is 50.0 Å². The Morgan fingerprint density at radius 3 is 2.75 bits per heavy atom. The number of rotatable bonds is 7. The summed E-state index contributed by atoms with van der Waals surface area (Å²) in [6.07, 6.45) is 5.32. The van der Waals surface area contributed by atoms with Crippen molar-refractivity contribution in [2.24, 2.45) is 0 Å². The molecule has 0 aromatic heterocycles. The van der Waals surface area contributed by atoms with Gasteiger partial charge in [-0.05, 0) is 43.9 Å². The summed E-state index contributed by atoms with van der Waals surface area (Å²) < 4.78 is 0. The van der Waals surface area contributed by atoms with E-state index in [1.165, 1.54) is 17.5 Å². The van der Waals surface area contributed by atoms with Crippen LogP contribution < -0.4 is 5.32 Å². The first kappa shape index (κ1) is 13.0. The predicted octanol–water partition coefficient (Wildman–Crippen LogP) is 3.48. The minimum absolute atomic E-state index is 0.526. The second-order valence-corrected chi connectivity index (χ2v) is 4.31. The van der Waals surface area contributed by atoms with E-state index in [0.29, 0.717) is 6.04 Å². The Labute approximate surface area is 99.6 Å². The van der Waals surface area contributed by atoms with E-state index in [1.54, 1.807) is 0 Å². The van der Waals surface area contributed by atoms with E-state index in [0.717, 1.165) is 19.4 Å². The Bertz CT molecular complexity index is 317. The Morgan fingerprint density at radius 1 is 1.38 bits per heavy atom. The molecule has 0 aliphatic carbocycles. The third-order valence-electron chi connectivity index (χ3n) is 2.86. The molecule has 16 heavy (non-hydrogen) atoms. The minimum atomic E-state index is 0.526. The van der Waals surface area contributed by atoms with Gasteiger partial charge in [0.25, 0.3) is 0 Å². The third-order valence-corrected chi connectivity index (χ3v) is 2.86. The van der Waals surface area contributed by atoms with Gasteiger partial charge >= 0.3 is 0 Å². The van der Waals surface area contributed by atoms with Crippen molar-refractivity contribution in [3.63, 3.8) is 0 Å². The second-order valence-electron chi connectivity index (χ2n) is 4.31. The summed E-state index contributed by atoms with van der Waals surface area (Å²) in [6, 6.07) is 9.14. The summed E-state index contributed by atoms with van der Waals surface area (Å²) in [5.74, 6) is 0. The molecular formula is C15H23N. The van der Waals surface area contributed by atoms with Gasteiger partial charge in [-0.1, -0.05) is 37.3 Å². The van der Waals surface area contributed by atoms with Crippen molar-refractivity contribution in [1.82, 2.24) is 5.32 Å². The number of hydrogen-bond acceptors (Lipinski definition) is 1. The lowest BCUT2D eigenvalue weighted by Crippen LogP contribution is -2.31. The molecule has 1 heteroatoms. The first-order valence-electron chi connectivity index (χ1n) is 6.16. The van der Waals surface area contributed by atoms with E-state index < -0.39 is 0 Å². The van der Waals surface area contributed by atoms with Crippen molar-refractivity contribution in [1.29, 1.82) is 0 Å². The largest absolute Gasteiger partial charge is 0.313 e. The Kier molecular flexibility index (Phi) is 5.87. The fourth-order valence-electron chi connectivity index (χ4n) is 1.89. The summed E-state index contributed by atoms with van der Waals surface area (Å²) in [5, 5.41) is 3.57. The molecule has 0 aliphatic heterocycles. The van der Waals surface area contributed by atoms with E-state index >= 15 is 0 Å². The van der Waals surface area contributed by atoms with Gasteiger partial charge in [-0.15, -0.1) is 6.58 Å². The zero-order valence-electron chi connectivity index (χ0n) is 10.5. The maximum atomic E-state index is 3.83. The fourth-order valence-corrected chi connectivity index (χ4v) is 1.89. The molecule has 0 saturated carbocycles. The van der Waals surface area contributed by atoms with Crippen molar-refractivity contribution >= 4 is 0 Å².